The fraction of sp³-hybridized carbons (Fsp3) is 0.800. The molecule has 0 bridgehead atoms. The molecule has 0 aliphatic rings. The average molecular weight is 216 g/mol. The Labute approximate surface area is 90.4 Å². The number of hydrogen-bond acceptors (Lipinski definition) is 4. The van der Waals surface area contributed by atoms with Crippen molar-refractivity contribution in [1.29, 1.82) is 0 Å². The maximum Gasteiger partial charge on any atom is 0.323 e. The third kappa shape index (κ3) is 6.90. The number of esters is 1. The Bertz CT molecular complexity index is 207. The normalized spacial score (nSPS) is 12.1. The van der Waals surface area contributed by atoms with Gasteiger partial charge in [0.2, 0.25) is 5.91 Å². The summed E-state index contributed by atoms with van der Waals surface area (Å²) in [4.78, 5) is 21.9. The Hall–Kier alpha value is -1.10. The van der Waals surface area contributed by atoms with Crippen LogP contribution in [0, 0.1) is 0 Å². The maximum absolute atomic E-state index is 11.4. The van der Waals surface area contributed by atoms with Crippen molar-refractivity contribution in [3.63, 3.8) is 0 Å². The molecule has 1 atom stereocenters. The third-order valence-electron chi connectivity index (χ3n) is 1.91. The molecule has 88 valence electrons. The second-order valence-electron chi connectivity index (χ2n) is 3.26. The Balaban J connectivity index is 3.91. The lowest BCUT2D eigenvalue weighted by atomic mass is 10.1. The van der Waals surface area contributed by atoms with Crippen LogP contribution in [-0.2, 0) is 14.3 Å². The van der Waals surface area contributed by atoms with Crippen LogP contribution >= 0.6 is 0 Å². The molecule has 0 heterocycles. The Kier molecular flexibility index (Phi) is 7.62. The van der Waals surface area contributed by atoms with Gasteiger partial charge >= 0.3 is 5.97 Å². The van der Waals surface area contributed by atoms with Crippen molar-refractivity contribution in [3.05, 3.63) is 0 Å². The summed E-state index contributed by atoms with van der Waals surface area (Å²) >= 11 is 0. The number of amides is 1. The molecular weight excluding hydrogens is 196 g/mol. The van der Waals surface area contributed by atoms with Crippen LogP contribution in [0.15, 0.2) is 0 Å². The first-order valence-electron chi connectivity index (χ1n) is 5.30. The van der Waals surface area contributed by atoms with E-state index in [1.54, 1.807) is 6.92 Å². The van der Waals surface area contributed by atoms with E-state index in [0.717, 1.165) is 6.42 Å². The summed E-state index contributed by atoms with van der Waals surface area (Å²) in [7, 11) is 0. The Morgan fingerprint density at radius 3 is 2.53 bits per heavy atom. The van der Waals surface area contributed by atoms with Crippen LogP contribution in [0.4, 0.5) is 0 Å². The van der Waals surface area contributed by atoms with E-state index in [0.29, 0.717) is 19.6 Å². The number of primary amides is 1. The van der Waals surface area contributed by atoms with E-state index in [9.17, 15) is 9.59 Å². The Morgan fingerprint density at radius 2 is 2.07 bits per heavy atom. The van der Waals surface area contributed by atoms with E-state index >= 15 is 0 Å². The topological polar surface area (TPSA) is 81.4 Å². The van der Waals surface area contributed by atoms with Gasteiger partial charge in [0.25, 0.3) is 0 Å². The van der Waals surface area contributed by atoms with Crippen molar-refractivity contribution >= 4 is 11.9 Å². The Morgan fingerprint density at radius 1 is 1.40 bits per heavy atom. The van der Waals surface area contributed by atoms with Gasteiger partial charge in [0, 0.05) is 13.0 Å². The fourth-order valence-corrected chi connectivity index (χ4v) is 1.20. The van der Waals surface area contributed by atoms with E-state index in [1.807, 2.05) is 6.92 Å². The van der Waals surface area contributed by atoms with E-state index in [-0.39, 0.29) is 24.3 Å². The highest BCUT2D eigenvalue weighted by atomic mass is 16.5. The van der Waals surface area contributed by atoms with Crippen LogP contribution in [0.25, 0.3) is 0 Å². The summed E-state index contributed by atoms with van der Waals surface area (Å²) in [6, 6.07) is -0.325. The summed E-state index contributed by atoms with van der Waals surface area (Å²) in [6.45, 7) is 4.54. The van der Waals surface area contributed by atoms with Gasteiger partial charge in [0.15, 0.2) is 0 Å². The largest absolute Gasteiger partial charge is 0.465 e. The number of carbonyl (C=O) groups is 2. The summed E-state index contributed by atoms with van der Waals surface area (Å²) in [5.41, 5.74) is 4.99. The average Bonchev–Trinajstić information content (AvgIpc) is 2.16. The van der Waals surface area contributed by atoms with E-state index in [2.05, 4.69) is 5.32 Å². The molecule has 0 spiro atoms. The molecule has 1 amide bonds. The summed E-state index contributed by atoms with van der Waals surface area (Å²) in [6.07, 6.45) is 1.82. The molecule has 0 aromatic rings. The minimum atomic E-state index is -0.374. The number of hydrogen-bond donors (Lipinski definition) is 2. The van der Waals surface area contributed by atoms with Crippen LogP contribution in [-0.4, -0.2) is 31.1 Å². The van der Waals surface area contributed by atoms with Gasteiger partial charge in [-0.1, -0.05) is 13.3 Å². The van der Waals surface area contributed by atoms with Gasteiger partial charge in [0.1, 0.15) is 6.04 Å². The molecule has 0 aromatic carbocycles. The van der Waals surface area contributed by atoms with Gasteiger partial charge < -0.3 is 15.8 Å². The lowest BCUT2D eigenvalue weighted by Crippen LogP contribution is -2.39. The molecule has 0 aliphatic carbocycles. The van der Waals surface area contributed by atoms with Gasteiger partial charge in [-0.05, 0) is 13.3 Å². The maximum atomic E-state index is 11.4. The van der Waals surface area contributed by atoms with Gasteiger partial charge in [-0.2, -0.15) is 0 Å². The molecule has 1 unspecified atom stereocenters. The zero-order chi connectivity index (χ0) is 11.7. The summed E-state index contributed by atoms with van der Waals surface area (Å²) in [5.74, 6) is -0.634. The van der Waals surface area contributed by atoms with Crippen LogP contribution in [0.3, 0.4) is 0 Å². The molecular formula is C10H20N2O3. The first kappa shape index (κ1) is 13.9. The van der Waals surface area contributed by atoms with Crippen LogP contribution in [0.5, 0.6) is 0 Å². The smallest absolute Gasteiger partial charge is 0.323 e. The summed E-state index contributed by atoms with van der Waals surface area (Å²) in [5, 5.41) is 2.96. The zero-order valence-corrected chi connectivity index (χ0v) is 9.41. The van der Waals surface area contributed by atoms with Crippen molar-refractivity contribution < 1.29 is 14.3 Å². The molecule has 0 saturated heterocycles. The SMILES string of the molecule is CCCC(NCCC(N)=O)C(=O)OCC. The van der Waals surface area contributed by atoms with Crippen molar-refractivity contribution in [1.82, 2.24) is 5.32 Å². The molecule has 0 fully saturated rings. The fourth-order valence-electron chi connectivity index (χ4n) is 1.20. The first-order valence-corrected chi connectivity index (χ1v) is 5.30. The minimum Gasteiger partial charge on any atom is -0.465 e. The van der Waals surface area contributed by atoms with Gasteiger partial charge in [-0.3, -0.25) is 9.59 Å². The lowest BCUT2D eigenvalue weighted by Gasteiger charge is -2.15. The van der Waals surface area contributed by atoms with Crippen molar-refractivity contribution in [2.75, 3.05) is 13.2 Å². The monoisotopic (exact) mass is 216 g/mol. The van der Waals surface area contributed by atoms with Crippen LogP contribution < -0.4 is 11.1 Å². The van der Waals surface area contributed by atoms with Crippen molar-refractivity contribution in [2.45, 2.75) is 39.2 Å². The first-order chi connectivity index (χ1) is 7.11. The number of carbonyl (C=O) groups excluding carboxylic acids is 2. The number of nitrogens with two attached hydrogens (primary N) is 1. The van der Waals surface area contributed by atoms with E-state index in [4.69, 9.17) is 10.5 Å². The number of nitrogens with one attached hydrogen (secondary N) is 1. The molecule has 3 N–H and O–H groups in total. The molecule has 5 heteroatoms. The second kappa shape index (κ2) is 8.23. The predicted octanol–water partition coefficient (Wildman–Crippen LogP) is 0.183. The molecule has 5 nitrogen and oxygen atoms in total. The van der Waals surface area contributed by atoms with E-state index in [1.165, 1.54) is 0 Å². The van der Waals surface area contributed by atoms with Crippen LogP contribution in [0.1, 0.15) is 33.1 Å². The second-order valence-corrected chi connectivity index (χ2v) is 3.26. The highest BCUT2D eigenvalue weighted by Crippen LogP contribution is 1.99. The van der Waals surface area contributed by atoms with Gasteiger partial charge in [0.05, 0.1) is 6.61 Å². The quantitative estimate of drug-likeness (QED) is 0.567. The van der Waals surface area contributed by atoms with E-state index < -0.39 is 0 Å². The summed E-state index contributed by atoms with van der Waals surface area (Å²) < 4.78 is 4.90. The highest BCUT2D eigenvalue weighted by Gasteiger charge is 2.17. The third-order valence-corrected chi connectivity index (χ3v) is 1.91. The molecule has 0 saturated carbocycles. The molecule has 0 aliphatic heterocycles. The molecule has 0 radical (unpaired) electrons. The van der Waals surface area contributed by atoms with Crippen molar-refractivity contribution in [3.8, 4) is 0 Å². The molecule has 0 aromatic heterocycles. The lowest BCUT2D eigenvalue weighted by molar-refractivity contribution is -0.146. The standard InChI is InChI=1S/C10H20N2O3/c1-3-5-8(10(14)15-4-2)12-7-6-9(11)13/h8,12H,3-7H2,1-2H3,(H2,11,13). The molecule has 0 rings (SSSR count). The minimum absolute atomic E-state index is 0.236. The zero-order valence-electron chi connectivity index (χ0n) is 9.41. The van der Waals surface area contributed by atoms with Crippen molar-refractivity contribution in [2.24, 2.45) is 5.73 Å². The highest BCUT2D eigenvalue weighted by molar-refractivity contribution is 5.76. The predicted molar refractivity (Wildman–Crippen MR) is 57.1 cm³/mol. The van der Waals surface area contributed by atoms with Gasteiger partial charge in [-0.25, -0.2) is 0 Å². The number of rotatable bonds is 8. The number of ether oxygens (including phenoxy) is 1. The van der Waals surface area contributed by atoms with Gasteiger partial charge in [-0.15, -0.1) is 0 Å². The van der Waals surface area contributed by atoms with Crippen LogP contribution in [0.2, 0.25) is 0 Å². The molecule has 15 heavy (non-hydrogen) atoms.